The number of ether oxygens (including phenoxy) is 1. The van der Waals surface area contributed by atoms with Crippen LogP contribution < -0.4 is 0 Å². The molecule has 1 aromatic rings. The van der Waals surface area contributed by atoms with E-state index in [-0.39, 0.29) is 12.5 Å². The molecule has 5 nitrogen and oxygen atoms in total. The Hall–Kier alpha value is -2.04. The highest BCUT2D eigenvalue weighted by molar-refractivity contribution is 5.76. The molecule has 1 aliphatic rings. The average Bonchev–Trinajstić information content (AvgIpc) is 2.83. The Kier molecular flexibility index (Phi) is 4.44. The molecule has 0 aromatic heterocycles. The molecule has 0 unspecified atom stereocenters. The molecule has 0 saturated carbocycles. The number of rotatable bonds is 2. The summed E-state index contributed by atoms with van der Waals surface area (Å²) >= 11 is 0. The van der Waals surface area contributed by atoms with Gasteiger partial charge in [-0.05, 0) is 33.3 Å². The number of benzene rings is 1. The molecule has 1 saturated heterocycles. The van der Waals surface area contributed by atoms with E-state index in [0.29, 0.717) is 6.54 Å². The van der Waals surface area contributed by atoms with Crippen molar-refractivity contribution in [2.75, 3.05) is 13.1 Å². The summed E-state index contributed by atoms with van der Waals surface area (Å²) in [6.45, 7) is 7.94. The number of amides is 1. The maximum absolute atomic E-state index is 12.2. The van der Waals surface area contributed by atoms with Crippen LogP contribution in [0.4, 0.5) is 4.79 Å². The molecule has 1 heterocycles. The quantitative estimate of drug-likeness (QED) is 0.912. The molecule has 2 rings (SSSR count). The van der Waals surface area contributed by atoms with Gasteiger partial charge in [0.2, 0.25) is 0 Å². The van der Waals surface area contributed by atoms with Gasteiger partial charge in [0.15, 0.2) is 0 Å². The third-order valence-electron chi connectivity index (χ3n) is 3.79. The fraction of sp³-hybridized carbons (Fsp3) is 0.529. The van der Waals surface area contributed by atoms with Crippen molar-refractivity contribution in [3.63, 3.8) is 0 Å². The van der Waals surface area contributed by atoms with Crippen LogP contribution in [0, 0.1) is 12.8 Å². The lowest BCUT2D eigenvalue weighted by Crippen LogP contribution is -2.35. The second kappa shape index (κ2) is 5.99. The van der Waals surface area contributed by atoms with Gasteiger partial charge in [-0.25, -0.2) is 4.79 Å². The second-order valence-corrected chi connectivity index (χ2v) is 6.85. The highest BCUT2D eigenvalue weighted by atomic mass is 16.6. The number of carboxylic acids is 1. The smallest absolute Gasteiger partial charge is 0.410 e. The largest absolute Gasteiger partial charge is 0.481 e. The van der Waals surface area contributed by atoms with Gasteiger partial charge >= 0.3 is 12.1 Å². The molecule has 0 spiro atoms. The Balaban J connectivity index is 2.18. The first-order valence-corrected chi connectivity index (χ1v) is 7.44. The first-order valence-electron chi connectivity index (χ1n) is 7.44. The van der Waals surface area contributed by atoms with Gasteiger partial charge in [0.05, 0.1) is 5.92 Å². The van der Waals surface area contributed by atoms with Crippen molar-refractivity contribution in [1.29, 1.82) is 0 Å². The molecule has 22 heavy (non-hydrogen) atoms. The lowest BCUT2D eigenvalue weighted by atomic mass is 9.89. The third-order valence-corrected chi connectivity index (χ3v) is 3.79. The molecule has 0 bridgehead atoms. The summed E-state index contributed by atoms with van der Waals surface area (Å²) in [7, 11) is 0. The first-order chi connectivity index (χ1) is 10.2. The van der Waals surface area contributed by atoms with E-state index in [4.69, 9.17) is 4.74 Å². The van der Waals surface area contributed by atoms with Crippen molar-refractivity contribution in [2.45, 2.75) is 39.2 Å². The number of aliphatic carboxylic acids is 1. The normalized spacial score (nSPS) is 21.7. The number of nitrogens with zero attached hydrogens (tertiary/aromatic N) is 1. The fourth-order valence-corrected chi connectivity index (χ4v) is 2.68. The van der Waals surface area contributed by atoms with E-state index in [9.17, 15) is 14.7 Å². The van der Waals surface area contributed by atoms with Crippen LogP contribution in [0.5, 0.6) is 0 Å². The second-order valence-electron chi connectivity index (χ2n) is 6.85. The summed E-state index contributed by atoms with van der Waals surface area (Å²) in [5, 5.41) is 9.45. The summed E-state index contributed by atoms with van der Waals surface area (Å²) in [5.41, 5.74) is 1.49. The number of carbonyl (C=O) groups is 2. The fourth-order valence-electron chi connectivity index (χ4n) is 2.68. The van der Waals surface area contributed by atoms with E-state index in [1.54, 1.807) is 20.8 Å². The van der Waals surface area contributed by atoms with Crippen molar-refractivity contribution in [1.82, 2.24) is 4.90 Å². The van der Waals surface area contributed by atoms with Crippen LogP contribution in [-0.2, 0) is 9.53 Å². The number of carbonyl (C=O) groups excluding carboxylic acids is 1. The lowest BCUT2D eigenvalue weighted by Gasteiger charge is -2.24. The molecule has 1 fully saturated rings. The number of hydrogen-bond acceptors (Lipinski definition) is 3. The van der Waals surface area contributed by atoms with Gasteiger partial charge < -0.3 is 14.7 Å². The minimum absolute atomic E-state index is 0.183. The molecule has 1 N–H and O–H groups in total. The van der Waals surface area contributed by atoms with Gasteiger partial charge in [-0.3, -0.25) is 4.79 Å². The van der Waals surface area contributed by atoms with Crippen molar-refractivity contribution in [3.8, 4) is 0 Å². The Morgan fingerprint density at radius 2 is 1.77 bits per heavy atom. The van der Waals surface area contributed by atoms with Crippen LogP contribution in [0.3, 0.4) is 0 Å². The van der Waals surface area contributed by atoms with Gasteiger partial charge in [0.25, 0.3) is 0 Å². The molecule has 1 aliphatic heterocycles. The predicted octanol–water partition coefficient (Wildman–Crippen LogP) is 3.03. The third kappa shape index (κ3) is 3.78. The maximum atomic E-state index is 12.2. The zero-order valence-corrected chi connectivity index (χ0v) is 13.5. The van der Waals surface area contributed by atoms with E-state index in [2.05, 4.69) is 0 Å². The molecular weight excluding hydrogens is 282 g/mol. The number of aryl methyl sites for hydroxylation is 1. The molecule has 1 aromatic carbocycles. The average molecular weight is 305 g/mol. The zero-order chi connectivity index (χ0) is 16.5. The van der Waals surface area contributed by atoms with Gasteiger partial charge in [0.1, 0.15) is 5.60 Å². The number of hydrogen-bond donors (Lipinski definition) is 1. The van der Waals surface area contributed by atoms with Gasteiger partial charge in [-0.2, -0.15) is 0 Å². The highest BCUT2D eigenvalue weighted by Crippen LogP contribution is 2.33. The summed E-state index contributed by atoms with van der Waals surface area (Å²) in [6.07, 6.45) is -0.451. The zero-order valence-electron chi connectivity index (χ0n) is 13.5. The Labute approximate surface area is 130 Å². The molecule has 120 valence electrons. The van der Waals surface area contributed by atoms with Gasteiger partial charge in [-0.15, -0.1) is 0 Å². The highest BCUT2D eigenvalue weighted by Gasteiger charge is 2.41. The maximum Gasteiger partial charge on any atom is 0.410 e. The molecular formula is C17H23NO4. The van der Waals surface area contributed by atoms with Crippen molar-refractivity contribution < 1.29 is 19.4 Å². The monoisotopic (exact) mass is 305 g/mol. The van der Waals surface area contributed by atoms with Crippen LogP contribution in [0.1, 0.15) is 37.8 Å². The topological polar surface area (TPSA) is 66.8 Å². The van der Waals surface area contributed by atoms with Crippen LogP contribution >= 0.6 is 0 Å². The minimum atomic E-state index is -0.878. The lowest BCUT2D eigenvalue weighted by molar-refractivity contribution is -0.141. The van der Waals surface area contributed by atoms with Crippen LogP contribution in [0.15, 0.2) is 24.3 Å². The predicted molar refractivity (Wildman–Crippen MR) is 82.9 cm³/mol. The minimum Gasteiger partial charge on any atom is -0.481 e. The molecule has 0 aliphatic carbocycles. The molecule has 2 atom stereocenters. The SMILES string of the molecule is Cc1ccc([C@@H]2CN(C(=O)OC(C)(C)C)C[C@@H]2C(=O)O)cc1. The van der Waals surface area contributed by atoms with Crippen molar-refractivity contribution in [2.24, 2.45) is 5.92 Å². The molecule has 1 amide bonds. The number of likely N-dealkylation sites (tertiary alicyclic amines) is 1. The van der Waals surface area contributed by atoms with Crippen LogP contribution in [0.2, 0.25) is 0 Å². The standard InChI is InChI=1S/C17H23NO4/c1-11-5-7-12(8-6-11)13-9-18(10-14(13)15(19)20)16(21)22-17(2,3)4/h5-8,13-14H,9-10H2,1-4H3,(H,19,20)/t13-,14-/m0/s1. The molecule has 5 heteroatoms. The summed E-state index contributed by atoms with van der Waals surface area (Å²) in [5.74, 6) is -1.68. The van der Waals surface area contributed by atoms with Gasteiger partial charge in [0, 0.05) is 19.0 Å². The van der Waals surface area contributed by atoms with Crippen molar-refractivity contribution >= 4 is 12.1 Å². The van der Waals surface area contributed by atoms with Crippen LogP contribution in [-0.4, -0.2) is 40.8 Å². The number of carboxylic acid groups (broad SMARTS) is 1. The van der Waals surface area contributed by atoms with Gasteiger partial charge in [-0.1, -0.05) is 29.8 Å². The van der Waals surface area contributed by atoms with E-state index < -0.39 is 23.6 Å². The molecule has 0 radical (unpaired) electrons. The van der Waals surface area contributed by atoms with Crippen LogP contribution in [0.25, 0.3) is 0 Å². The van der Waals surface area contributed by atoms with E-state index in [1.807, 2.05) is 31.2 Å². The summed E-state index contributed by atoms with van der Waals surface area (Å²) in [6, 6.07) is 7.80. The van der Waals surface area contributed by atoms with E-state index >= 15 is 0 Å². The summed E-state index contributed by atoms with van der Waals surface area (Å²) < 4.78 is 5.35. The Morgan fingerprint density at radius 1 is 1.18 bits per heavy atom. The Bertz CT molecular complexity index is 559. The Morgan fingerprint density at radius 3 is 2.27 bits per heavy atom. The van der Waals surface area contributed by atoms with Crippen molar-refractivity contribution in [3.05, 3.63) is 35.4 Å². The first kappa shape index (κ1) is 16.3. The van der Waals surface area contributed by atoms with E-state index in [1.165, 1.54) is 4.90 Å². The van der Waals surface area contributed by atoms with E-state index in [0.717, 1.165) is 11.1 Å². The summed E-state index contributed by atoms with van der Waals surface area (Å²) in [4.78, 5) is 25.2.